The Morgan fingerprint density at radius 1 is 1.27 bits per heavy atom. The third-order valence-corrected chi connectivity index (χ3v) is 6.20. The van der Waals surface area contributed by atoms with Crippen LogP contribution < -0.4 is 16.6 Å². The monoisotopic (exact) mass is 386 g/mol. The third kappa shape index (κ3) is 3.42. The third-order valence-electron chi connectivity index (χ3n) is 3.74. The lowest BCUT2D eigenvalue weighted by Gasteiger charge is -2.11. The number of rotatable bonds is 4. The second kappa shape index (κ2) is 7.19. The summed E-state index contributed by atoms with van der Waals surface area (Å²) in [7, 11) is 0. The van der Waals surface area contributed by atoms with Crippen molar-refractivity contribution in [3.63, 3.8) is 0 Å². The maximum Gasteiger partial charge on any atom is 0.326 e. The van der Waals surface area contributed by atoms with Crippen molar-refractivity contribution in [1.29, 1.82) is 5.26 Å². The summed E-state index contributed by atoms with van der Waals surface area (Å²) < 4.78 is 0.783. The Hall–Kier alpha value is -2.83. The number of amides is 1. The first-order chi connectivity index (χ1) is 12.4. The lowest BCUT2D eigenvalue weighted by Crippen LogP contribution is -2.20. The SMILES string of the molecule is Cc1cccc(C)c1NC(=O)CSc1sc2c(=O)[nH]c(=O)[nH]c2c1C#N. The predicted molar refractivity (Wildman–Crippen MR) is 103 cm³/mol. The lowest BCUT2D eigenvalue weighted by molar-refractivity contribution is -0.113. The summed E-state index contributed by atoms with van der Waals surface area (Å²) in [4.78, 5) is 40.2. The van der Waals surface area contributed by atoms with Gasteiger partial charge in [0.25, 0.3) is 5.56 Å². The molecular weight excluding hydrogens is 372 g/mol. The first-order valence-corrected chi connectivity index (χ1v) is 9.39. The fourth-order valence-electron chi connectivity index (χ4n) is 2.52. The number of carbonyl (C=O) groups excluding carboxylic acids is 1. The van der Waals surface area contributed by atoms with Crippen LogP contribution in [0.5, 0.6) is 0 Å². The van der Waals surface area contributed by atoms with Crippen LogP contribution in [0.15, 0.2) is 32.0 Å². The predicted octanol–water partition coefficient (Wildman–Crippen LogP) is 2.50. The first-order valence-electron chi connectivity index (χ1n) is 7.58. The van der Waals surface area contributed by atoms with Crippen LogP contribution in [-0.4, -0.2) is 21.6 Å². The summed E-state index contributed by atoms with van der Waals surface area (Å²) in [6.45, 7) is 3.83. The minimum atomic E-state index is -0.666. The molecule has 2 aromatic heterocycles. The van der Waals surface area contributed by atoms with Crippen LogP contribution in [-0.2, 0) is 4.79 Å². The Morgan fingerprint density at radius 3 is 2.62 bits per heavy atom. The molecule has 0 fully saturated rings. The van der Waals surface area contributed by atoms with Crippen molar-refractivity contribution in [2.75, 3.05) is 11.1 Å². The van der Waals surface area contributed by atoms with E-state index in [9.17, 15) is 19.6 Å². The zero-order chi connectivity index (χ0) is 18.8. The summed E-state index contributed by atoms with van der Waals surface area (Å²) in [6.07, 6.45) is 0. The number of nitrogens with one attached hydrogen (secondary N) is 3. The van der Waals surface area contributed by atoms with Crippen LogP contribution in [0.3, 0.4) is 0 Å². The molecule has 2 heterocycles. The number of anilines is 1. The average molecular weight is 386 g/mol. The molecule has 132 valence electrons. The Morgan fingerprint density at radius 2 is 1.96 bits per heavy atom. The highest BCUT2D eigenvalue weighted by molar-refractivity contribution is 8.02. The molecule has 3 N–H and O–H groups in total. The van der Waals surface area contributed by atoms with E-state index in [1.807, 2.05) is 38.1 Å². The number of nitrogens with zero attached hydrogens (tertiary/aromatic N) is 1. The number of aryl methyl sites for hydroxylation is 2. The quantitative estimate of drug-likeness (QED) is 0.595. The molecule has 1 amide bonds. The standard InChI is InChI=1S/C17H14N4O3S2/c1-8-4-3-5-9(2)12(8)19-11(22)7-25-16-10(6-18)13-14(26-16)15(23)21-17(24)20-13/h3-5H,7H2,1-2H3,(H,19,22)(H2,20,21,23,24). The fourth-order valence-corrected chi connectivity index (χ4v) is 4.64. The Balaban J connectivity index is 1.83. The van der Waals surface area contributed by atoms with E-state index in [2.05, 4.69) is 15.3 Å². The number of benzene rings is 1. The van der Waals surface area contributed by atoms with Crippen LogP contribution in [0.1, 0.15) is 16.7 Å². The highest BCUT2D eigenvalue weighted by Gasteiger charge is 2.17. The molecule has 0 spiro atoms. The van der Waals surface area contributed by atoms with Crippen molar-refractivity contribution < 1.29 is 4.79 Å². The minimum Gasteiger partial charge on any atom is -0.325 e. The van der Waals surface area contributed by atoms with Crippen molar-refractivity contribution in [3.8, 4) is 6.07 Å². The van der Waals surface area contributed by atoms with Gasteiger partial charge in [-0.05, 0) is 25.0 Å². The molecule has 0 atom stereocenters. The topological polar surface area (TPSA) is 119 Å². The highest BCUT2D eigenvalue weighted by atomic mass is 32.2. The molecule has 1 aromatic carbocycles. The molecule has 0 saturated heterocycles. The summed E-state index contributed by atoms with van der Waals surface area (Å²) in [6, 6.07) is 7.75. The van der Waals surface area contributed by atoms with Crippen LogP contribution in [0.4, 0.5) is 5.69 Å². The Labute approximate surface area is 156 Å². The molecular formula is C17H14N4O3S2. The zero-order valence-corrected chi connectivity index (χ0v) is 15.6. The van der Waals surface area contributed by atoms with Gasteiger partial charge in [0.15, 0.2) is 0 Å². The van der Waals surface area contributed by atoms with E-state index in [0.29, 0.717) is 4.21 Å². The number of carbonyl (C=O) groups is 1. The number of para-hydroxylation sites is 1. The van der Waals surface area contributed by atoms with Gasteiger partial charge in [0.05, 0.1) is 15.5 Å². The number of nitriles is 1. The number of thiophene rings is 1. The van der Waals surface area contributed by atoms with E-state index < -0.39 is 11.2 Å². The molecule has 0 aliphatic carbocycles. The van der Waals surface area contributed by atoms with Crippen molar-refractivity contribution in [1.82, 2.24) is 9.97 Å². The Kier molecular flexibility index (Phi) is 4.97. The van der Waals surface area contributed by atoms with Crippen molar-refractivity contribution >= 4 is 44.9 Å². The second-order valence-corrected chi connectivity index (χ2v) is 7.86. The highest BCUT2D eigenvalue weighted by Crippen LogP contribution is 2.34. The number of hydrogen-bond donors (Lipinski definition) is 3. The molecule has 0 radical (unpaired) electrons. The molecule has 3 aromatic rings. The molecule has 0 aliphatic rings. The number of fused-ring (bicyclic) bond motifs is 1. The molecule has 0 aliphatic heterocycles. The normalized spacial score (nSPS) is 10.7. The lowest BCUT2D eigenvalue weighted by atomic mass is 10.1. The Bertz CT molecular complexity index is 1150. The van der Waals surface area contributed by atoms with Gasteiger partial charge >= 0.3 is 5.69 Å². The van der Waals surface area contributed by atoms with E-state index in [-0.39, 0.29) is 27.4 Å². The summed E-state index contributed by atoms with van der Waals surface area (Å²) >= 11 is 2.25. The number of aromatic nitrogens is 2. The zero-order valence-electron chi connectivity index (χ0n) is 13.9. The smallest absolute Gasteiger partial charge is 0.325 e. The molecule has 26 heavy (non-hydrogen) atoms. The maximum atomic E-state index is 12.3. The minimum absolute atomic E-state index is 0.0808. The average Bonchev–Trinajstić information content (AvgIpc) is 2.94. The van der Waals surface area contributed by atoms with E-state index in [1.54, 1.807) is 0 Å². The number of hydrogen-bond acceptors (Lipinski definition) is 6. The van der Waals surface area contributed by atoms with Gasteiger partial charge in [-0.15, -0.1) is 23.1 Å². The fraction of sp³-hybridized carbons (Fsp3) is 0.176. The van der Waals surface area contributed by atoms with Crippen LogP contribution in [0.2, 0.25) is 0 Å². The molecule has 9 heteroatoms. The summed E-state index contributed by atoms with van der Waals surface area (Å²) in [5, 5.41) is 12.2. The van der Waals surface area contributed by atoms with E-state index in [4.69, 9.17) is 0 Å². The summed E-state index contributed by atoms with van der Waals surface area (Å²) in [5.74, 6) is -0.131. The maximum absolute atomic E-state index is 12.3. The van der Waals surface area contributed by atoms with Gasteiger partial charge in [0.1, 0.15) is 16.3 Å². The molecule has 0 bridgehead atoms. The van der Waals surface area contributed by atoms with Gasteiger partial charge in [-0.2, -0.15) is 5.26 Å². The number of aromatic amines is 2. The number of H-pyrrole nitrogens is 2. The largest absolute Gasteiger partial charge is 0.326 e. The number of thioether (sulfide) groups is 1. The van der Waals surface area contributed by atoms with Crippen molar-refractivity contribution in [2.24, 2.45) is 0 Å². The molecule has 7 nitrogen and oxygen atoms in total. The van der Waals surface area contributed by atoms with Crippen molar-refractivity contribution in [2.45, 2.75) is 18.1 Å². The van der Waals surface area contributed by atoms with E-state index >= 15 is 0 Å². The van der Waals surface area contributed by atoms with Crippen molar-refractivity contribution in [3.05, 3.63) is 55.7 Å². The molecule has 3 rings (SSSR count). The first kappa shape index (κ1) is 18.0. The van der Waals surface area contributed by atoms with E-state index in [1.165, 1.54) is 0 Å². The van der Waals surface area contributed by atoms with Gasteiger partial charge in [-0.25, -0.2) is 4.79 Å². The van der Waals surface area contributed by atoms with Gasteiger partial charge in [0, 0.05) is 5.69 Å². The van der Waals surface area contributed by atoms with Gasteiger partial charge < -0.3 is 10.3 Å². The van der Waals surface area contributed by atoms with Crippen LogP contribution in [0.25, 0.3) is 10.2 Å². The molecule has 0 unspecified atom stereocenters. The van der Waals surface area contributed by atoms with Crippen LogP contribution >= 0.6 is 23.1 Å². The summed E-state index contributed by atoms with van der Waals surface area (Å²) in [5.41, 5.74) is 1.91. The van der Waals surface area contributed by atoms with Gasteiger partial charge in [-0.1, -0.05) is 18.2 Å². The second-order valence-electron chi connectivity index (χ2n) is 5.59. The van der Waals surface area contributed by atoms with Gasteiger partial charge in [-0.3, -0.25) is 14.6 Å². The van der Waals surface area contributed by atoms with E-state index in [0.717, 1.165) is 39.9 Å². The van der Waals surface area contributed by atoms with Crippen LogP contribution in [0, 0.1) is 25.2 Å². The van der Waals surface area contributed by atoms with Gasteiger partial charge in [0.2, 0.25) is 5.91 Å². The molecule has 0 saturated carbocycles.